The van der Waals surface area contributed by atoms with Gasteiger partial charge in [-0.1, -0.05) is 29.8 Å². The number of carbonyl (C=O) groups excluding carboxylic acids is 1. The number of nitrogens with one attached hydrogen (secondary N) is 1. The van der Waals surface area contributed by atoms with Crippen molar-refractivity contribution < 1.29 is 9.18 Å². The molecule has 1 unspecified atom stereocenters. The second-order valence-electron chi connectivity index (χ2n) is 4.70. The summed E-state index contributed by atoms with van der Waals surface area (Å²) in [4.78, 5) is 12.2. The van der Waals surface area contributed by atoms with E-state index in [4.69, 9.17) is 0 Å². The van der Waals surface area contributed by atoms with Crippen molar-refractivity contribution >= 4 is 21.8 Å². The van der Waals surface area contributed by atoms with Crippen LogP contribution < -0.4 is 5.32 Å². The van der Waals surface area contributed by atoms with Crippen molar-refractivity contribution in [3.8, 4) is 0 Å². The van der Waals surface area contributed by atoms with Crippen LogP contribution in [-0.2, 0) is 0 Å². The number of carbonyl (C=O) groups is 1. The first kappa shape index (κ1) is 14.7. The van der Waals surface area contributed by atoms with E-state index in [-0.39, 0.29) is 11.7 Å². The van der Waals surface area contributed by atoms with Crippen LogP contribution in [0.2, 0.25) is 0 Å². The molecule has 0 saturated carbocycles. The Labute approximate surface area is 126 Å². The van der Waals surface area contributed by atoms with Gasteiger partial charge in [-0.3, -0.25) is 4.79 Å². The van der Waals surface area contributed by atoms with E-state index >= 15 is 0 Å². The van der Waals surface area contributed by atoms with Gasteiger partial charge in [0.1, 0.15) is 5.82 Å². The zero-order chi connectivity index (χ0) is 14.7. The molecule has 0 aliphatic rings. The predicted molar refractivity (Wildman–Crippen MR) is 81.2 cm³/mol. The highest BCUT2D eigenvalue weighted by atomic mass is 79.9. The first-order valence-electron chi connectivity index (χ1n) is 6.30. The van der Waals surface area contributed by atoms with Crippen molar-refractivity contribution in [2.45, 2.75) is 19.9 Å². The number of hydrogen-bond acceptors (Lipinski definition) is 1. The van der Waals surface area contributed by atoms with E-state index in [1.165, 1.54) is 6.07 Å². The molecule has 1 N–H and O–H groups in total. The van der Waals surface area contributed by atoms with Crippen LogP contribution in [0, 0.1) is 12.7 Å². The molecule has 0 aliphatic heterocycles. The molecule has 0 fully saturated rings. The fourth-order valence-electron chi connectivity index (χ4n) is 1.99. The molecule has 2 rings (SSSR count). The molecule has 0 aromatic heterocycles. The summed E-state index contributed by atoms with van der Waals surface area (Å²) in [6.45, 7) is 3.68. The fraction of sp³-hybridized carbons (Fsp3) is 0.188. The van der Waals surface area contributed by atoms with Crippen LogP contribution in [0.15, 0.2) is 46.9 Å². The highest BCUT2D eigenvalue weighted by molar-refractivity contribution is 9.10. The third-order valence-electron chi connectivity index (χ3n) is 3.09. The van der Waals surface area contributed by atoms with E-state index in [2.05, 4.69) is 21.2 Å². The van der Waals surface area contributed by atoms with Crippen molar-refractivity contribution in [3.05, 3.63) is 69.4 Å². The standard InChI is InChI=1S/C16H15BrFNO/c1-10-7-8-14(17)13(9-10)16(20)19-11(2)12-5-3-4-6-15(12)18/h3-9,11H,1-2H3,(H,19,20). The van der Waals surface area contributed by atoms with Crippen LogP contribution in [0.25, 0.3) is 0 Å². The number of halogens is 2. The molecule has 0 bridgehead atoms. The first-order valence-corrected chi connectivity index (χ1v) is 7.10. The lowest BCUT2D eigenvalue weighted by Gasteiger charge is -2.16. The van der Waals surface area contributed by atoms with Crippen LogP contribution in [-0.4, -0.2) is 5.91 Å². The maximum atomic E-state index is 13.7. The second-order valence-corrected chi connectivity index (χ2v) is 5.55. The summed E-state index contributed by atoms with van der Waals surface area (Å²) in [5.41, 5.74) is 2.02. The minimum atomic E-state index is -0.392. The van der Waals surface area contributed by atoms with Gasteiger partial charge >= 0.3 is 0 Å². The summed E-state index contributed by atoms with van der Waals surface area (Å²) in [6.07, 6.45) is 0. The Morgan fingerprint density at radius 2 is 1.95 bits per heavy atom. The van der Waals surface area contributed by atoms with Crippen molar-refractivity contribution in [2.24, 2.45) is 0 Å². The molecule has 0 radical (unpaired) electrons. The smallest absolute Gasteiger partial charge is 0.252 e. The van der Waals surface area contributed by atoms with Crippen LogP contribution in [0.4, 0.5) is 4.39 Å². The largest absolute Gasteiger partial charge is 0.345 e. The zero-order valence-electron chi connectivity index (χ0n) is 11.3. The van der Waals surface area contributed by atoms with Gasteiger partial charge in [0.15, 0.2) is 0 Å². The third-order valence-corrected chi connectivity index (χ3v) is 3.78. The monoisotopic (exact) mass is 335 g/mol. The minimum absolute atomic E-state index is 0.226. The average Bonchev–Trinajstić information content (AvgIpc) is 2.41. The Morgan fingerprint density at radius 1 is 1.25 bits per heavy atom. The van der Waals surface area contributed by atoms with E-state index in [1.54, 1.807) is 31.2 Å². The van der Waals surface area contributed by atoms with Crippen molar-refractivity contribution in [2.75, 3.05) is 0 Å². The lowest BCUT2D eigenvalue weighted by atomic mass is 10.1. The highest BCUT2D eigenvalue weighted by Crippen LogP contribution is 2.21. The van der Waals surface area contributed by atoms with Gasteiger partial charge in [0.2, 0.25) is 0 Å². The Morgan fingerprint density at radius 3 is 2.65 bits per heavy atom. The van der Waals surface area contributed by atoms with Crippen molar-refractivity contribution in [1.29, 1.82) is 0 Å². The number of aryl methyl sites for hydroxylation is 1. The van der Waals surface area contributed by atoms with E-state index in [9.17, 15) is 9.18 Å². The fourth-order valence-corrected chi connectivity index (χ4v) is 2.42. The molecule has 20 heavy (non-hydrogen) atoms. The molecule has 0 saturated heterocycles. The molecule has 104 valence electrons. The van der Waals surface area contributed by atoms with Crippen LogP contribution in [0.1, 0.15) is 34.5 Å². The Kier molecular flexibility index (Phi) is 4.55. The van der Waals surface area contributed by atoms with Gasteiger partial charge in [-0.15, -0.1) is 0 Å². The van der Waals surface area contributed by atoms with Crippen LogP contribution in [0.3, 0.4) is 0 Å². The highest BCUT2D eigenvalue weighted by Gasteiger charge is 2.16. The van der Waals surface area contributed by atoms with Gasteiger partial charge in [0.05, 0.1) is 11.6 Å². The van der Waals surface area contributed by atoms with Crippen LogP contribution in [0.5, 0.6) is 0 Å². The van der Waals surface area contributed by atoms with Gasteiger partial charge < -0.3 is 5.32 Å². The predicted octanol–water partition coefficient (Wildman–Crippen LogP) is 4.39. The number of hydrogen-bond donors (Lipinski definition) is 1. The van der Waals surface area contributed by atoms with Gasteiger partial charge in [-0.05, 0) is 48.0 Å². The lowest BCUT2D eigenvalue weighted by Crippen LogP contribution is -2.27. The molecule has 0 heterocycles. The van der Waals surface area contributed by atoms with Gasteiger partial charge in [0.25, 0.3) is 5.91 Å². The summed E-state index contributed by atoms with van der Waals surface area (Å²) in [7, 11) is 0. The molecule has 4 heteroatoms. The van der Waals surface area contributed by atoms with Gasteiger partial charge in [-0.25, -0.2) is 4.39 Å². The summed E-state index contributed by atoms with van der Waals surface area (Å²) >= 11 is 3.36. The summed E-state index contributed by atoms with van der Waals surface area (Å²) in [5, 5.41) is 2.81. The molecule has 2 nitrogen and oxygen atoms in total. The molecule has 1 atom stereocenters. The van der Waals surface area contributed by atoms with Crippen molar-refractivity contribution in [1.82, 2.24) is 5.32 Å². The summed E-state index contributed by atoms with van der Waals surface area (Å²) < 4.78 is 14.4. The third kappa shape index (κ3) is 3.25. The summed E-state index contributed by atoms with van der Waals surface area (Å²) in [6, 6.07) is 11.6. The summed E-state index contributed by atoms with van der Waals surface area (Å²) in [5.74, 6) is -0.542. The van der Waals surface area contributed by atoms with Crippen molar-refractivity contribution in [3.63, 3.8) is 0 Å². The number of rotatable bonds is 3. The SMILES string of the molecule is Cc1ccc(Br)c(C(=O)NC(C)c2ccccc2F)c1. The molecule has 2 aromatic carbocycles. The van der Waals surface area contributed by atoms with E-state index in [0.717, 1.165) is 10.0 Å². The number of amides is 1. The molecule has 1 amide bonds. The lowest BCUT2D eigenvalue weighted by molar-refractivity contribution is 0.0938. The molecular weight excluding hydrogens is 321 g/mol. The molecule has 0 aliphatic carbocycles. The van der Waals surface area contributed by atoms with Gasteiger partial charge in [0, 0.05) is 10.0 Å². The van der Waals surface area contributed by atoms with E-state index in [1.807, 2.05) is 19.1 Å². The van der Waals surface area contributed by atoms with Gasteiger partial charge in [-0.2, -0.15) is 0 Å². The van der Waals surface area contributed by atoms with E-state index in [0.29, 0.717) is 11.1 Å². The second kappa shape index (κ2) is 6.18. The normalized spacial score (nSPS) is 12.0. The Bertz CT molecular complexity index is 642. The Balaban J connectivity index is 2.20. The first-order chi connectivity index (χ1) is 9.49. The quantitative estimate of drug-likeness (QED) is 0.885. The van der Waals surface area contributed by atoms with Crippen LogP contribution >= 0.6 is 15.9 Å². The zero-order valence-corrected chi connectivity index (χ0v) is 12.9. The Hall–Kier alpha value is -1.68. The molecule has 0 spiro atoms. The maximum Gasteiger partial charge on any atom is 0.252 e. The maximum absolute atomic E-state index is 13.7. The minimum Gasteiger partial charge on any atom is -0.345 e. The molecular formula is C16H15BrFNO. The number of benzene rings is 2. The molecule has 2 aromatic rings. The average molecular weight is 336 g/mol. The topological polar surface area (TPSA) is 29.1 Å². The van der Waals surface area contributed by atoms with E-state index < -0.39 is 6.04 Å².